The maximum Gasteiger partial charge on any atom is 0.00906 e. The molecule has 1 unspecified atom stereocenters. The van der Waals surface area contributed by atoms with Crippen LogP contribution in [0.3, 0.4) is 0 Å². The van der Waals surface area contributed by atoms with Gasteiger partial charge in [0.05, 0.1) is 0 Å². The molecule has 1 rings (SSSR count). The Morgan fingerprint density at radius 1 is 1.17 bits per heavy atom. The van der Waals surface area contributed by atoms with Crippen molar-refractivity contribution in [2.24, 2.45) is 17.3 Å². The Labute approximate surface area is 85.3 Å². The summed E-state index contributed by atoms with van der Waals surface area (Å²) in [6.45, 7) is 7.14. The van der Waals surface area contributed by atoms with Crippen LogP contribution in [0.5, 0.6) is 0 Å². The summed E-state index contributed by atoms with van der Waals surface area (Å²) in [5, 5.41) is 1.21. The molecule has 72 valence electrons. The number of alkyl halides is 1. The van der Waals surface area contributed by atoms with E-state index in [0.717, 1.165) is 11.8 Å². The molecule has 0 amide bonds. The van der Waals surface area contributed by atoms with Gasteiger partial charge < -0.3 is 0 Å². The highest BCUT2D eigenvalue weighted by molar-refractivity contribution is 9.09. The molecule has 0 aromatic rings. The normalized spacial score (nSPS) is 24.8. The summed E-state index contributed by atoms with van der Waals surface area (Å²) >= 11 is 3.70. The minimum absolute atomic E-state index is 0.633. The Hall–Kier alpha value is 0.480. The molecule has 0 heterocycles. The zero-order valence-electron chi connectivity index (χ0n) is 8.57. The fourth-order valence-electron chi connectivity index (χ4n) is 2.50. The molecule has 0 bridgehead atoms. The van der Waals surface area contributed by atoms with E-state index in [1.807, 2.05) is 0 Å². The smallest absolute Gasteiger partial charge is 0.00906 e. The fraction of sp³-hybridized carbons (Fsp3) is 1.00. The Balaban J connectivity index is 2.65. The molecule has 0 radical (unpaired) electrons. The Kier molecular flexibility index (Phi) is 3.63. The van der Waals surface area contributed by atoms with Gasteiger partial charge in [-0.25, -0.2) is 0 Å². The molecule has 0 spiro atoms. The van der Waals surface area contributed by atoms with Crippen molar-refractivity contribution in [3.63, 3.8) is 0 Å². The van der Waals surface area contributed by atoms with E-state index in [1.165, 1.54) is 31.0 Å². The van der Waals surface area contributed by atoms with Gasteiger partial charge in [0, 0.05) is 5.33 Å². The van der Waals surface area contributed by atoms with Crippen LogP contribution in [0, 0.1) is 17.3 Å². The summed E-state index contributed by atoms with van der Waals surface area (Å²) in [5.74, 6) is 1.71. The van der Waals surface area contributed by atoms with E-state index in [4.69, 9.17) is 0 Å². The third-order valence-electron chi connectivity index (χ3n) is 3.83. The van der Waals surface area contributed by atoms with E-state index < -0.39 is 0 Å². The minimum Gasteiger partial charge on any atom is -0.0922 e. The van der Waals surface area contributed by atoms with Crippen LogP contribution < -0.4 is 0 Å². The van der Waals surface area contributed by atoms with Crippen LogP contribution in [0.1, 0.15) is 46.5 Å². The highest BCUT2D eigenvalue weighted by Gasteiger charge is 2.38. The predicted octanol–water partition coefficient (Wildman–Crippen LogP) is 4.23. The summed E-state index contributed by atoms with van der Waals surface area (Å²) in [5.41, 5.74) is 0.633. The zero-order chi connectivity index (χ0) is 9.19. The van der Waals surface area contributed by atoms with Gasteiger partial charge in [0.1, 0.15) is 0 Å². The molecule has 0 aromatic heterocycles. The van der Waals surface area contributed by atoms with Crippen LogP contribution in [-0.2, 0) is 0 Å². The largest absolute Gasteiger partial charge is 0.0922 e. The lowest BCUT2D eigenvalue weighted by atomic mass is 9.71. The number of halogens is 1. The van der Waals surface area contributed by atoms with Crippen molar-refractivity contribution in [3.8, 4) is 0 Å². The van der Waals surface area contributed by atoms with Crippen LogP contribution in [-0.4, -0.2) is 5.33 Å². The number of rotatable bonds is 3. The Morgan fingerprint density at radius 2 is 1.67 bits per heavy atom. The zero-order valence-corrected chi connectivity index (χ0v) is 10.2. The molecule has 1 saturated carbocycles. The van der Waals surface area contributed by atoms with E-state index >= 15 is 0 Å². The summed E-state index contributed by atoms with van der Waals surface area (Å²) in [7, 11) is 0. The summed E-state index contributed by atoms with van der Waals surface area (Å²) in [6.07, 6.45) is 5.78. The number of hydrogen-bond donors (Lipinski definition) is 0. The molecule has 1 fully saturated rings. The van der Waals surface area contributed by atoms with Gasteiger partial charge in [0.25, 0.3) is 0 Å². The molecular weight excluding hydrogens is 212 g/mol. The van der Waals surface area contributed by atoms with Crippen molar-refractivity contribution in [3.05, 3.63) is 0 Å². The number of hydrogen-bond acceptors (Lipinski definition) is 0. The van der Waals surface area contributed by atoms with E-state index in [1.54, 1.807) is 0 Å². The van der Waals surface area contributed by atoms with Crippen molar-refractivity contribution in [1.82, 2.24) is 0 Å². The second-order valence-electron chi connectivity index (χ2n) is 4.74. The average molecular weight is 233 g/mol. The molecule has 0 N–H and O–H groups in total. The lowest BCUT2D eigenvalue weighted by Gasteiger charge is -2.36. The monoisotopic (exact) mass is 232 g/mol. The van der Waals surface area contributed by atoms with E-state index in [9.17, 15) is 0 Å². The molecule has 1 heteroatoms. The Morgan fingerprint density at radius 3 is 2.00 bits per heavy atom. The van der Waals surface area contributed by atoms with Crippen molar-refractivity contribution < 1.29 is 0 Å². The van der Waals surface area contributed by atoms with Crippen LogP contribution >= 0.6 is 15.9 Å². The molecule has 1 atom stereocenters. The third kappa shape index (κ3) is 1.86. The quantitative estimate of drug-likeness (QED) is 0.640. The van der Waals surface area contributed by atoms with Gasteiger partial charge in [-0.15, -0.1) is 0 Å². The summed E-state index contributed by atoms with van der Waals surface area (Å²) in [6, 6.07) is 0. The van der Waals surface area contributed by atoms with Gasteiger partial charge in [-0.3, -0.25) is 0 Å². The first-order chi connectivity index (χ1) is 5.62. The maximum absolute atomic E-state index is 3.70. The predicted molar refractivity (Wildman–Crippen MR) is 58.7 cm³/mol. The van der Waals surface area contributed by atoms with Crippen LogP contribution in [0.4, 0.5) is 0 Å². The first-order valence-corrected chi connectivity index (χ1v) is 6.30. The standard InChI is InChI=1S/C11H21Br/c1-9(2)10(3)11(8-12)6-4-5-7-11/h9-10H,4-8H2,1-3H3. The topological polar surface area (TPSA) is 0 Å². The molecular formula is C11H21Br. The van der Waals surface area contributed by atoms with Crippen molar-refractivity contribution in [2.45, 2.75) is 46.5 Å². The van der Waals surface area contributed by atoms with Gasteiger partial charge in [-0.2, -0.15) is 0 Å². The highest BCUT2D eigenvalue weighted by atomic mass is 79.9. The van der Waals surface area contributed by atoms with Gasteiger partial charge in [0.2, 0.25) is 0 Å². The van der Waals surface area contributed by atoms with Gasteiger partial charge in [0.15, 0.2) is 0 Å². The SMILES string of the molecule is CC(C)C(C)C1(CBr)CCCC1. The van der Waals surface area contributed by atoms with E-state index in [2.05, 4.69) is 36.7 Å². The van der Waals surface area contributed by atoms with E-state index in [-0.39, 0.29) is 0 Å². The molecule has 1 aliphatic carbocycles. The van der Waals surface area contributed by atoms with E-state index in [0.29, 0.717) is 5.41 Å². The molecule has 12 heavy (non-hydrogen) atoms. The fourth-order valence-corrected chi connectivity index (χ4v) is 3.57. The summed E-state index contributed by atoms with van der Waals surface area (Å²) in [4.78, 5) is 0. The molecule has 0 aliphatic heterocycles. The first-order valence-electron chi connectivity index (χ1n) is 5.18. The second kappa shape index (κ2) is 4.13. The maximum atomic E-state index is 3.70. The lowest BCUT2D eigenvalue weighted by Crippen LogP contribution is -2.30. The van der Waals surface area contributed by atoms with Crippen molar-refractivity contribution >= 4 is 15.9 Å². The van der Waals surface area contributed by atoms with Crippen LogP contribution in [0.15, 0.2) is 0 Å². The lowest BCUT2D eigenvalue weighted by molar-refractivity contribution is 0.166. The van der Waals surface area contributed by atoms with Gasteiger partial charge in [-0.05, 0) is 30.1 Å². The Bertz CT molecular complexity index is 134. The first kappa shape index (κ1) is 10.6. The van der Waals surface area contributed by atoms with Crippen molar-refractivity contribution in [2.75, 3.05) is 5.33 Å². The molecule has 0 nitrogen and oxygen atoms in total. The molecule has 1 aliphatic rings. The summed E-state index contributed by atoms with van der Waals surface area (Å²) < 4.78 is 0. The second-order valence-corrected chi connectivity index (χ2v) is 5.30. The van der Waals surface area contributed by atoms with Crippen LogP contribution in [0.2, 0.25) is 0 Å². The van der Waals surface area contributed by atoms with Crippen LogP contribution in [0.25, 0.3) is 0 Å². The minimum atomic E-state index is 0.633. The van der Waals surface area contributed by atoms with Gasteiger partial charge in [-0.1, -0.05) is 49.5 Å². The molecule has 0 aromatic carbocycles. The highest BCUT2D eigenvalue weighted by Crippen LogP contribution is 2.47. The van der Waals surface area contributed by atoms with Crippen molar-refractivity contribution in [1.29, 1.82) is 0 Å². The van der Waals surface area contributed by atoms with Gasteiger partial charge >= 0.3 is 0 Å². The average Bonchev–Trinajstić information content (AvgIpc) is 2.52. The third-order valence-corrected chi connectivity index (χ3v) is 4.95. The molecule has 0 saturated heterocycles.